The molecule has 2 rings (SSSR count). The second-order valence-electron chi connectivity index (χ2n) is 8.23. The Labute approximate surface area is 182 Å². The first kappa shape index (κ1) is 24.6. The average Bonchev–Trinajstić information content (AvgIpc) is 2.73. The lowest BCUT2D eigenvalue weighted by Gasteiger charge is -2.32. The van der Waals surface area contributed by atoms with Crippen LogP contribution in [0.4, 0.5) is 0 Å². The monoisotopic (exact) mass is 438 g/mol. The van der Waals surface area contributed by atoms with Gasteiger partial charge in [-0.15, -0.1) is 0 Å². The zero-order valence-corrected chi connectivity index (χ0v) is 19.6. The number of hydrogen-bond acceptors (Lipinski definition) is 4. The smallest absolute Gasteiger partial charge is 0.240 e. The van der Waals surface area contributed by atoms with Crippen molar-refractivity contribution in [3.05, 3.63) is 29.8 Å². The molecule has 0 bridgehead atoms. The molecule has 170 valence electrons. The molecule has 0 atom stereocenters. The van der Waals surface area contributed by atoms with Gasteiger partial charge < -0.3 is 15.4 Å². The van der Waals surface area contributed by atoms with E-state index < -0.39 is 10.0 Å². The molecule has 1 aliphatic rings. The maximum absolute atomic E-state index is 12.4. The van der Waals surface area contributed by atoms with Gasteiger partial charge in [-0.25, -0.2) is 18.1 Å². The third kappa shape index (κ3) is 7.89. The zero-order chi connectivity index (χ0) is 22.0. The number of ether oxygens (including phenoxy) is 1. The Bertz CT molecular complexity index is 772. The summed E-state index contributed by atoms with van der Waals surface area (Å²) in [7, 11) is -2.01. The number of nitrogens with one attached hydrogen (secondary N) is 3. The van der Waals surface area contributed by atoms with Crippen molar-refractivity contribution in [1.29, 1.82) is 0 Å². The molecule has 0 spiro atoms. The van der Waals surface area contributed by atoms with E-state index in [4.69, 9.17) is 4.74 Å². The first-order valence-electron chi connectivity index (χ1n) is 11.0. The fourth-order valence-electron chi connectivity index (χ4n) is 3.79. The number of rotatable bonds is 10. The van der Waals surface area contributed by atoms with Gasteiger partial charge in [0, 0.05) is 26.2 Å². The number of guanidine groups is 1. The predicted molar refractivity (Wildman–Crippen MR) is 122 cm³/mol. The summed E-state index contributed by atoms with van der Waals surface area (Å²) in [6.07, 6.45) is 4.83. The Morgan fingerprint density at radius 2 is 1.97 bits per heavy atom. The first-order chi connectivity index (χ1) is 14.4. The largest absolute Gasteiger partial charge is 0.383 e. The summed E-state index contributed by atoms with van der Waals surface area (Å²) in [6, 6.07) is 7.36. The molecule has 1 aliphatic carbocycles. The molecule has 7 nitrogen and oxygen atoms in total. The summed E-state index contributed by atoms with van der Waals surface area (Å²) in [6.45, 7) is 8.44. The summed E-state index contributed by atoms with van der Waals surface area (Å²) < 4.78 is 32.3. The van der Waals surface area contributed by atoms with Crippen LogP contribution in [0.5, 0.6) is 0 Å². The highest BCUT2D eigenvalue weighted by Crippen LogP contribution is 2.29. The van der Waals surface area contributed by atoms with Gasteiger partial charge >= 0.3 is 0 Å². The Hall–Kier alpha value is -1.64. The van der Waals surface area contributed by atoms with E-state index in [0.717, 1.165) is 42.7 Å². The number of methoxy groups -OCH3 is 1. The maximum Gasteiger partial charge on any atom is 0.240 e. The molecule has 0 aliphatic heterocycles. The number of aliphatic imine (C=N–C) groups is 1. The highest BCUT2D eigenvalue weighted by atomic mass is 32.2. The molecule has 0 amide bonds. The summed E-state index contributed by atoms with van der Waals surface area (Å²) in [5, 5.41) is 6.87. The minimum Gasteiger partial charge on any atom is -0.383 e. The summed E-state index contributed by atoms with van der Waals surface area (Å²) in [5.74, 6) is 2.36. The Balaban J connectivity index is 1.99. The van der Waals surface area contributed by atoms with Crippen molar-refractivity contribution in [3.8, 4) is 0 Å². The molecule has 3 N–H and O–H groups in total. The fourth-order valence-corrected chi connectivity index (χ4v) is 4.87. The van der Waals surface area contributed by atoms with Crippen LogP contribution in [0.1, 0.15) is 52.0 Å². The van der Waals surface area contributed by atoms with Crippen LogP contribution >= 0.6 is 0 Å². The summed E-state index contributed by atoms with van der Waals surface area (Å²) >= 11 is 0. The predicted octanol–water partition coefficient (Wildman–Crippen LogP) is 2.88. The maximum atomic E-state index is 12.4. The van der Waals surface area contributed by atoms with Crippen LogP contribution in [0.15, 0.2) is 34.2 Å². The molecule has 1 aromatic rings. The number of hydrogen-bond donors (Lipinski definition) is 3. The summed E-state index contributed by atoms with van der Waals surface area (Å²) in [5.41, 5.74) is 0.852. The van der Waals surface area contributed by atoms with Crippen molar-refractivity contribution in [1.82, 2.24) is 15.4 Å². The van der Waals surface area contributed by atoms with E-state index in [1.54, 1.807) is 25.3 Å². The molecule has 30 heavy (non-hydrogen) atoms. The molecule has 1 fully saturated rings. The van der Waals surface area contributed by atoms with Crippen molar-refractivity contribution in [2.24, 2.45) is 16.8 Å². The molecular formula is C22H38N4O3S. The zero-order valence-electron chi connectivity index (χ0n) is 18.8. The van der Waals surface area contributed by atoms with Crippen molar-refractivity contribution in [3.63, 3.8) is 0 Å². The molecule has 0 aromatic heterocycles. The lowest BCUT2D eigenvalue weighted by Crippen LogP contribution is -2.45. The molecule has 0 saturated heterocycles. The van der Waals surface area contributed by atoms with Gasteiger partial charge in [-0.3, -0.25) is 0 Å². The molecule has 1 saturated carbocycles. The van der Waals surface area contributed by atoms with Crippen LogP contribution in [0.3, 0.4) is 0 Å². The molecular weight excluding hydrogens is 400 g/mol. The minimum atomic E-state index is -3.55. The normalized spacial score (nSPS) is 20.4. The topological polar surface area (TPSA) is 91.8 Å². The highest BCUT2D eigenvalue weighted by molar-refractivity contribution is 7.89. The summed E-state index contributed by atoms with van der Waals surface area (Å²) in [4.78, 5) is 4.94. The van der Waals surface area contributed by atoms with E-state index in [-0.39, 0.29) is 11.4 Å². The van der Waals surface area contributed by atoms with E-state index in [1.807, 2.05) is 13.0 Å². The Morgan fingerprint density at radius 3 is 2.60 bits per heavy atom. The quantitative estimate of drug-likeness (QED) is 0.297. The Kier molecular flexibility index (Phi) is 10.1. The van der Waals surface area contributed by atoms with Gasteiger partial charge in [0.05, 0.1) is 18.0 Å². The van der Waals surface area contributed by atoms with Crippen LogP contribution in [-0.2, 0) is 21.3 Å². The first-order valence-corrected chi connectivity index (χ1v) is 12.5. The van der Waals surface area contributed by atoms with Crippen molar-refractivity contribution < 1.29 is 13.2 Å². The molecule has 0 radical (unpaired) electrons. The van der Waals surface area contributed by atoms with Crippen LogP contribution in [0.25, 0.3) is 0 Å². The fraction of sp³-hybridized carbons (Fsp3) is 0.682. The highest BCUT2D eigenvalue weighted by Gasteiger charge is 2.23. The molecule has 1 aromatic carbocycles. The number of benzene rings is 1. The third-order valence-corrected chi connectivity index (χ3v) is 7.09. The van der Waals surface area contributed by atoms with Gasteiger partial charge in [0.1, 0.15) is 0 Å². The van der Waals surface area contributed by atoms with Crippen LogP contribution in [-0.4, -0.2) is 47.2 Å². The van der Waals surface area contributed by atoms with E-state index in [2.05, 4.69) is 34.2 Å². The molecule has 8 heteroatoms. The van der Waals surface area contributed by atoms with E-state index in [9.17, 15) is 8.42 Å². The van der Waals surface area contributed by atoms with Crippen molar-refractivity contribution >= 4 is 16.0 Å². The minimum absolute atomic E-state index is 0.245. The van der Waals surface area contributed by atoms with Gasteiger partial charge in [0.25, 0.3) is 0 Å². The molecule has 0 unspecified atom stereocenters. The second kappa shape index (κ2) is 12.3. The second-order valence-corrected chi connectivity index (χ2v) is 10.0. The van der Waals surface area contributed by atoms with Crippen LogP contribution in [0.2, 0.25) is 0 Å². The van der Waals surface area contributed by atoms with Gasteiger partial charge in [-0.05, 0) is 62.1 Å². The SMILES string of the molecule is CCNC(=NCc1cccc(S(=O)(=O)NCCOC)c1)NC1CCC(C(C)C)CC1. The molecule has 0 heterocycles. The van der Waals surface area contributed by atoms with E-state index in [0.29, 0.717) is 19.2 Å². The number of sulfonamides is 1. The standard InChI is InChI=1S/C22H38N4O3S/c1-5-23-22(26-20-11-9-19(10-12-20)17(2)3)24-16-18-7-6-8-21(15-18)30(27,28)25-13-14-29-4/h6-8,15,17,19-20,25H,5,9-14,16H2,1-4H3,(H2,23,24,26). The van der Waals surface area contributed by atoms with Crippen molar-refractivity contribution in [2.75, 3.05) is 26.8 Å². The van der Waals surface area contributed by atoms with Gasteiger partial charge in [-0.2, -0.15) is 0 Å². The Morgan fingerprint density at radius 1 is 1.23 bits per heavy atom. The van der Waals surface area contributed by atoms with Crippen molar-refractivity contribution in [2.45, 2.75) is 63.9 Å². The number of nitrogens with zero attached hydrogens (tertiary/aromatic N) is 1. The lowest BCUT2D eigenvalue weighted by molar-refractivity contribution is 0.204. The van der Waals surface area contributed by atoms with Gasteiger partial charge in [0.2, 0.25) is 10.0 Å². The average molecular weight is 439 g/mol. The van der Waals surface area contributed by atoms with Gasteiger partial charge in [-0.1, -0.05) is 26.0 Å². The van der Waals surface area contributed by atoms with E-state index >= 15 is 0 Å². The third-order valence-electron chi connectivity index (χ3n) is 5.63. The van der Waals surface area contributed by atoms with E-state index in [1.165, 1.54) is 12.8 Å². The lowest BCUT2D eigenvalue weighted by atomic mass is 9.80. The van der Waals surface area contributed by atoms with Crippen LogP contribution < -0.4 is 15.4 Å². The van der Waals surface area contributed by atoms with Crippen LogP contribution in [0, 0.1) is 11.8 Å². The van der Waals surface area contributed by atoms with Gasteiger partial charge in [0.15, 0.2) is 5.96 Å².